The number of hydrogen-bond acceptors (Lipinski definition) is 7. The minimum atomic E-state index is -0.654. The maximum atomic E-state index is 12.2. The molecule has 0 saturated heterocycles. The number of anilines is 2. The number of aliphatic hydroxyl groups excluding tert-OH is 1. The highest BCUT2D eigenvalue weighted by atomic mass is 16.5. The van der Waals surface area contributed by atoms with Gasteiger partial charge in [0, 0.05) is 37.4 Å². The average molecular weight is 438 g/mol. The van der Waals surface area contributed by atoms with E-state index in [2.05, 4.69) is 10.3 Å². The van der Waals surface area contributed by atoms with Gasteiger partial charge >= 0.3 is 0 Å². The monoisotopic (exact) mass is 438 g/mol. The Labute approximate surface area is 185 Å². The predicted octanol–water partition coefficient (Wildman–Crippen LogP) is 2.35. The van der Waals surface area contributed by atoms with Gasteiger partial charge in [0.2, 0.25) is 0 Å². The van der Waals surface area contributed by atoms with E-state index in [1.165, 1.54) is 18.2 Å². The van der Waals surface area contributed by atoms with Crippen molar-refractivity contribution in [3.8, 4) is 11.5 Å². The van der Waals surface area contributed by atoms with Crippen LogP contribution in [0.4, 0.5) is 11.4 Å². The number of carbonyl (C=O) groups is 2. The molecule has 1 aromatic heterocycles. The summed E-state index contributed by atoms with van der Waals surface area (Å²) in [5, 5.41) is 13.4. The number of nitrogens with one attached hydrogen (secondary N) is 1. The molecule has 168 valence electrons. The highest BCUT2D eigenvalue weighted by Gasteiger charge is 2.18. The van der Waals surface area contributed by atoms with Crippen LogP contribution < -0.4 is 20.5 Å². The second-order valence-corrected chi connectivity index (χ2v) is 7.38. The Balaban J connectivity index is 2.16. The van der Waals surface area contributed by atoms with Gasteiger partial charge in [-0.15, -0.1) is 0 Å². The van der Waals surface area contributed by atoms with Gasteiger partial charge in [-0.1, -0.05) is 12.1 Å². The van der Waals surface area contributed by atoms with Gasteiger partial charge in [-0.2, -0.15) is 0 Å². The maximum Gasteiger partial charge on any atom is 0.259 e. The SMILES string of the molecule is COc1cc2ncc(C(N)=O)c(Nc3cccc(CO)c3C)c2cc1OCC(=O)N(C)C. The number of benzene rings is 2. The molecule has 2 aromatic carbocycles. The van der Waals surface area contributed by atoms with Gasteiger partial charge in [-0.05, 0) is 30.2 Å². The molecule has 3 aromatic rings. The largest absolute Gasteiger partial charge is 0.493 e. The van der Waals surface area contributed by atoms with E-state index in [4.69, 9.17) is 15.2 Å². The summed E-state index contributed by atoms with van der Waals surface area (Å²) >= 11 is 0. The lowest BCUT2D eigenvalue weighted by atomic mass is 10.0. The zero-order valence-electron chi connectivity index (χ0n) is 18.4. The molecule has 9 heteroatoms. The first-order valence-electron chi connectivity index (χ1n) is 9.86. The van der Waals surface area contributed by atoms with Crippen LogP contribution >= 0.6 is 0 Å². The summed E-state index contributed by atoms with van der Waals surface area (Å²) in [4.78, 5) is 29.9. The molecule has 4 N–H and O–H groups in total. The zero-order chi connectivity index (χ0) is 23.4. The number of likely N-dealkylation sites (N-methyl/N-ethyl adjacent to an activating group) is 1. The lowest BCUT2D eigenvalue weighted by Gasteiger charge is -2.18. The molecule has 0 fully saturated rings. The van der Waals surface area contributed by atoms with Crippen LogP contribution in [0, 0.1) is 6.92 Å². The normalized spacial score (nSPS) is 10.7. The van der Waals surface area contributed by atoms with Crippen LogP contribution in [0.15, 0.2) is 36.5 Å². The van der Waals surface area contributed by atoms with Gasteiger partial charge in [0.05, 0.1) is 30.5 Å². The Morgan fingerprint density at radius 2 is 1.97 bits per heavy atom. The molecule has 0 unspecified atom stereocenters. The van der Waals surface area contributed by atoms with E-state index in [0.29, 0.717) is 33.8 Å². The van der Waals surface area contributed by atoms with Crippen molar-refractivity contribution in [2.45, 2.75) is 13.5 Å². The lowest BCUT2D eigenvalue weighted by Crippen LogP contribution is -2.27. The highest BCUT2D eigenvalue weighted by molar-refractivity contribution is 6.08. The van der Waals surface area contributed by atoms with Gasteiger partial charge < -0.3 is 30.5 Å². The first-order valence-corrected chi connectivity index (χ1v) is 9.86. The molecule has 0 aliphatic carbocycles. The third kappa shape index (κ3) is 4.57. The number of pyridine rings is 1. The molecule has 1 heterocycles. The zero-order valence-corrected chi connectivity index (χ0v) is 18.4. The molecular weight excluding hydrogens is 412 g/mol. The van der Waals surface area contributed by atoms with Gasteiger partial charge in [0.25, 0.3) is 11.8 Å². The van der Waals surface area contributed by atoms with E-state index >= 15 is 0 Å². The van der Waals surface area contributed by atoms with E-state index in [9.17, 15) is 14.7 Å². The van der Waals surface area contributed by atoms with Crippen molar-refractivity contribution in [3.63, 3.8) is 0 Å². The van der Waals surface area contributed by atoms with Crippen molar-refractivity contribution in [3.05, 3.63) is 53.2 Å². The van der Waals surface area contributed by atoms with Crippen LogP contribution in [0.5, 0.6) is 11.5 Å². The van der Waals surface area contributed by atoms with Crippen molar-refractivity contribution < 1.29 is 24.2 Å². The van der Waals surface area contributed by atoms with Crippen LogP contribution in [0.3, 0.4) is 0 Å². The van der Waals surface area contributed by atoms with Gasteiger partial charge in [0.15, 0.2) is 18.1 Å². The van der Waals surface area contributed by atoms with E-state index < -0.39 is 5.91 Å². The van der Waals surface area contributed by atoms with Crippen molar-refractivity contribution >= 4 is 34.1 Å². The second kappa shape index (κ2) is 9.52. The number of nitrogens with zero attached hydrogens (tertiary/aromatic N) is 2. The third-order valence-corrected chi connectivity index (χ3v) is 5.14. The summed E-state index contributed by atoms with van der Waals surface area (Å²) in [6, 6.07) is 8.78. The summed E-state index contributed by atoms with van der Waals surface area (Å²) in [7, 11) is 4.76. The van der Waals surface area contributed by atoms with Crippen molar-refractivity contribution in [2.75, 3.05) is 33.1 Å². The number of ether oxygens (including phenoxy) is 2. The van der Waals surface area contributed by atoms with Crippen LogP contribution in [-0.4, -0.2) is 54.6 Å². The first kappa shape index (κ1) is 22.8. The average Bonchev–Trinajstić information content (AvgIpc) is 2.77. The molecule has 0 spiro atoms. The topological polar surface area (TPSA) is 127 Å². The van der Waals surface area contributed by atoms with Crippen LogP contribution in [-0.2, 0) is 11.4 Å². The number of fused-ring (bicyclic) bond motifs is 1. The number of amides is 2. The van der Waals surface area contributed by atoms with Gasteiger partial charge in [0.1, 0.15) is 0 Å². The number of aromatic nitrogens is 1. The minimum Gasteiger partial charge on any atom is -0.493 e. The number of rotatable bonds is 8. The van der Waals surface area contributed by atoms with E-state index in [-0.39, 0.29) is 24.7 Å². The summed E-state index contributed by atoms with van der Waals surface area (Å²) < 4.78 is 11.1. The van der Waals surface area contributed by atoms with E-state index in [1.807, 2.05) is 19.1 Å². The smallest absolute Gasteiger partial charge is 0.259 e. The molecule has 0 atom stereocenters. The van der Waals surface area contributed by atoms with Crippen molar-refractivity contribution in [1.29, 1.82) is 0 Å². The van der Waals surface area contributed by atoms with Crippen molar-refractivity contribution in [1.82, 2.24) is 9.88 Å². The summed E-state index contributed by atoms with van der Waals surface area (Å²) in [5.74, 6) is -0.153. The number of carbonyl (C=O) groups excluding carboxylic acids is 2. The van der Waals surface area contributed by atoms with Crippen LogP contribution in [0.1, 0.15) is 21.5 Å². The highest BCUT2D eigenvalue weighted by Crippen LogP contribution is 2.38. The standard InChI is InChI=1S/C23H26N4O5/c1-13-14(11-28)6-5-7-17(13)26-22-15-8-20(32-12-21(29)27(2)3)19(31-4)9-18(15)25-10-16(22)23(24)30/h5-10,28H,11-12H2,1-4H3,(H2,24,30)(H,25,26). The Hall–Kier alpha value is -3.85. The molecule has 0 saturated carbocycles. The number of primary amides is 1. The molecule has 32 heavy (non-hydrogen) atoms. The Morgan fingerprint density at radius 3 is 2.59 bits per heavy atom. The number of hydrogen-bond donors (Lipinski definition) is 3. The first-order chi connectivity index (χ1) is 15.3. The third-order valence-electron chi connectivity index (χ3n) is 5.14. The maximum absolute atomic E-state index is 12.2. The molecule has 9 nitrogen and oxygen atoms in total. The molecule has 0 aliphatic heterocycles. The number of aliphatic hydroxyl groups is 1. The molecular formula is C23H26N4O5. The quantitative estimate of drug-likeness (QED) is 0.493. The molecule has 0 bridgehead atoms. The molecule has 0 aliphatic rings. The summed E-state index contributed by atoms with van der Waals surface area (Å²) in [6.07, 6.45) is 1.40. The van der Waals surface area contributed by atoms with E-state index in [1.54, 1.807) is 32.3 Å². The molecule has 2 amide bonds. The Bertz CT molecular complexity index is 1180. The fourth-order valence-corrected chi connectivity index (χ4v) is 3.19. The fourth-order valence-electron chi connectivity index (χ4n) is 3.19. The van der Waals surface area contributed by atoms with E-state index in [0.717, 1.165) is 11.1 Å². The Morgan fingerprint density at radius 1 is 1.22 bits per heavy atom. The fraction of sp³-hybridized carbons (Fsp3) is 0.261. The lowest BCUT2D eigenvalue weighted by molar-refractivity contribution is -0.130. The predicted molar refractivity (Wildman–Crippen MR) is 121 cm³/mol. The number of methoxy groups -OCH3 is 1. The van der Waals surface area contributed by atoms with Crippen LogP contribution in [0.2, 0.25) is 0 Å². The molecule has 0 radical (unpaired) electrons. The van der Waals surface area contributed by atoms with Crippen molar-refractivity contribution in [2.24, 2.45) is 5.73 Å². The summed E-state index contributed by atoms with van der Waals surface area (Å²) in [6.45, 7) is 1.57. The summed E-state index contributed by atoms with van der Waals surface area (Å²) in [5.41, 5.74) is 9.06. The second-order valence-electron chi connectivity index (χ2n) is 7.38. The van der Waals surface area contributed by atoms with Gasteiger partial charge in [-0.25, -0.2) is 0 Å². The Kier molecular flexibility index (Phi) is 6.79. The van der Waals surface area contributed by atoms with Gasteiger partial charge in [-0.3, -0.25) is 14.6 Å². The molecule has 3 rings (SSSR count). The number of nitrogens with two attached hydrogens (primary N) is 1. The van der Waals surface area contributed by atoms with Crippen LogP contribution in [0.25, 0.3) is 10.9 Å². The minimum absolute atomic E-state index is 0.115.